The van der Waals surface area contributed by atoms with Crippen LogP contribution in [0.1, 0.15) is 48.9 Å². The summed E-state index contributed by atoms with van der Waals surface area (Å²) < 4.78 is 29.6. The Balaban J connectivity index is 1.59. The van der Waals surface area contributed by atoms with Crippen LogP contribution in [-0.4, -0.2) is 54.4 Å². The van der Waals surface area contributed by atoms with Crippen LogP contribution in [0.4, 0.5) is 8.78 Å². The van der Waals surface area contributed by atoms with E-state index in [-0.39, 0.29) is 29.0 Å². The average molecular weight is 380 g/mol. The molecule has 0 unspecified atom stereocenters. The van der Waals surface area contributed by atoms with Crippen molar-refractivity contribution in [2.75, 3.05) is 26.2 Å². The van der Waals surface area contributed by atoms with Gasteiger partial charge in [0.25, 0.3) is 5.91 Å². The SMILES string of the molecule is O=C(c1ccccc1OC(F)F)N1CCC(C(=O)N2CCCCCC2)CC1. The standard InChI is InChI=1S/C20H26F2N2O3/c21-20(22)27-17-8-4-3-7-16(17)19(26)24-13-9-15(10-14-24)18(25)23-11-5-1-2-6-12-23/h3-4,7-8,15,20H,1-2,5-6,9-14H2. The number of carbonyl (C=O) groups is 2. The van der Waals surface area contributed by atoms with Crippen LogP contribution in [-0.2, 0) is 4.79 Å². The van der Waals surface area contributed by atoms with Crippen LogP contribution in [0.15, 0.2) is 24.3 Å². The van der Waals surface area contributed by atoms with Gasteiger partial charge in [-0.05, 0) is 37.8 Å². The Labute approximate surface area is 158 Å². The molecule has 2 fully saturated rings. The van der Waals surface area contributed by atoms with Gasteiger partial charge in [0, 0.05) is 32.1 Å². The Morgan fingerprint density at radius 1 is 0.926 bits per heavy atom. The second kappa shape index (κ2) is 9.15. The van der Waals surface area contributed by atoms with Gasteiger partial charge >= 0.3 is 6.61 Å². The second-order valence-corrected chi connectivity index (χ2v) is 7.18. The largest absolute Gasteiger partial charge is 0.434 e. The molecule has 0 bridgehead atoms. The van der Waals surface area contributed by atoms with E-state index in [2.05, 4.69) is 4.74 Å². The van der Waals surface area contributed by atoms with E-state index in [0.717, 1.165) is 25.9 Å². The van der Waals surface area contributed by atoms with Crippen LogP contribution in [0.25, 0.3) is 0 Å². The maximum Gasteiger partial charge on any atom is 0.387 e. The zero-order valence-electron chi connectivity index (χ0n) is 15.4. The van der Waals surface area contributed by atoms with Crippen LogP contribution >= 0.6 is 0 Å². The number of hydrogen-bond donors (Lipinski definition) is 0. The van der Waals surface area contributed by atoms with E-state index in [0.29, 0.717) is 25.9 Å². The third-order valence-corrected chi connectivity index (χ3v) is 5.38. The van der Waals surface area contributed by atoms with E-state index in [4.69, 9.17) is 0 Å². The lowest BCUT2D eigenvalue weighted by Crippen LogP contribution is -2.44. The van der Waals surface area contributed by atoms with E-state index < -0.39 is 6.61 Å². The summed E-state index contributed by atoms with van der Waals surface area (Å²) in [6, 6.07) is 6.05. The molecule has 0 atom stereocenters. The lowest BCUT2D eigenvalue weighted by atomic mass is 9.94. The molecule has 1 aromatic carbocycles. The number of likely N-dealkylation sites (tertiary alicyclic amines) is 2. The minimum absolute atomic E-state index is 0.0558. The molecule has 2 saturated heterocycles. The second-order valence-electron chi connectivity index (χ2n) is 7.18. The molecule has 148 valence electrons. The molecular weight excluding hydrogens is 354 g/mol. The third-order valence-electron chi connectivity index (χ3n) is 5.38. The molecule has 2 aliphatic rings. The number of ether oxygens (including phenoxy) is 1. The molecule has 0 radical (unpaired) electrons. The fourth-order valence-electron chi connectivity index (χ4n) is 3.89. The van der Waals surface area contributed by atoms with Crippen molar-refractivity contribution in [1.29, 1.82) is 0 Å². The molecule has 0 aromatic heterocycles. The predicted molar refractivity (Wildman–Crippen MR) is 96.7 cm³/mol. The summed E-state index contributed by atoms with van der Waals surface area (Å²) in [4.78, 5) is 29.1. The topological polar surface area (TPSA) is 49.9 Å². The Bertz CT molecular complexity index is 652. The maximum absolute atomic E-state index is 12.7. The lowest BCUT2D eigenvalue weighted by Gasteiger charge is -2.34. The summed E-state index contributed by atoms with van der Waals surface area (Å²) in [6.45, 7) is -0.416. The van der Waals surface area contributed by atoms with Crippen molar-refractivity contribution in [3.05, 3.63) is 29.8 Å². The number of carbonyl (C=O) groups excluding carboxylic acids is 2. The maximum atomic E-state index is 12.7. The van der Waals surface area contributed by atoms with Gasteiger partial charge in [-0.1, -0.05) is 25.0 Å². The molecule has 7 heteroatoms. The van der Waals surface area contributed by atoms with E-state index >= 15 is 0 Å². The molecular formula is C20H26F2N2O3. The molecule has 3 rings (SSSR count). The molecule has 0 aliphatic carbocycles. The highest BCUT2D eigenvalue weighted by Gasteiger charge is 2.31. The predicted octanol–water partition coefficient (Wildman–Crippen LogP) is 3.54. The summed E-state index contributed by atoms with van der Waals surface area (Å²) >= 11 is 0. The van der Waals surface area contributed by atoms with Gasteiger partial charge in [0.1, 0.15) is 5.75 Å². The highest BCUT2D eigenvalue weighted by Crippen LogP contribution is 2.26. The fourth-order valence-corrected chi connectivity index (χ4v) is 3.89. The molecule has 0 spiro atoms. The summed E-state index contributed by atoms with van der Waals surface area (Å²) in [5.74, 6) is -0.294. The summed E-state index contributed by atoms with van der Waals surface area (Å²) in [5, 5.41) is 0. The monoisotopic (exact) mass is 380 g/mol. The number of amides is 2. The number of benzene rings is 1. The van der Waals surface area contributed by atoms with Gasteiger partial charge in [-0.2, -0.15) is 8.78 Å². The van der Waals surface area contributed by atoms with Crippen LogP contribution in [0.5, 0.6) is 5.75 Å². The van der Waals surface area contributed by atoms with Crippen LogP contribution in [0, 0.1) is 5.92 Å². The fraction of sp³-hybridized carbons (Fsp3) is 0.600. The first kappa shape index (κ1) is 19.6. The van der Waals surface area contributed by atoms with Crippen LogP contribution in [0.2, 0.25) is 0 Å². The number of nitrogens with zero attached hydrogens (tertiary/aromatic N) is 2. The van der Waals surface area contributed by atoms with Gasteiger partial charge < -0.3 is 14.5 Å². The number of halogens is 2. The quantitative estimate of drug-likeness (QED) is 0.803. The first-order chi connectivity index (χ1) is 13.1. The van der Waals surface area contributed by atoms with Gasteiger partial charge in [0.05, 0.1) is 5.56 Å². The van der Waals surface area contributed by atoms with Crippen molar-refractivity contribution in [1.82, 2.24) is 9.80 Å². The van der Waals surface area contributed by atoms with E-state index in [9.17, 15) is 18.4 Å². The number of rotatable bonds is 4. The van der Waals surface area contributed by atoms with Gasteiger partial charge in [0.2, 0.25) is 5.91 Å². The Kier molecular flexibility index (Phi) is 6.63. The van der Waals surface area contributed by atoms with Crippen molar-refractivity contribution in [2.45, 2.75) is 45.1 Å². The lowest BCUT2D eigenvalue weighted by molar-refractivity contribution is -0.136. The Morgan fingerprint density at radius 3 is 2.19 bits per heavy atom. The molecule has 2 aliphatic heterocycles. The highest BCUT2D eigenvalue weighted by molar-refractivity contribution is 5.97. The van der Waals surface area contributed by atoms with Crippen LogP contribution < -0.4 is 4.74 Å². The third kappa shape index (κ3) is 4.96. The van der Waals surface area contributed by atoms with Crippen molar-refractivity contribution in [3.63, 3.8) is 0 Å². The average Bonchev–Trinajstić information content (AvgIpc) is 2.96. The minimum Gasteiger partial charge on any atom is -0.434 e. The number of piperidine rings is 1. The van der Waals surface area contributed by atoms with Crippen LogP contribution in [0.3, 0.4) is 0 Å². The van der Waals surface area contributed by atoms with Gasteiger partial charge in [-0.3, -0.25) is 9.59 Å². The van der Waals surface area contributed by atoms with E-state index in [1.165, 1.54) is 25.0 Å². The zero-order chi connectivity index (χ0) is 19.2. The van der Waals surface area contributed by atoms with E-state index in [1.54, 1.807) is 17.0 Å². The molecule has 2 heterocycles. The molecule has 1 aromatic rings. The summed E-state index contributed by atoms with van der Waals surface area (Å²) in [5.41, 5.74) is 0.134. The zero-order valence-corrected chi connectivity index (χ0v) is 15.4. The smallest absolute Gasteiger partial charge is 0.387 e. The molecule has 0 saturated carbocycles. The van der Waals surface area contributed by atoms with Crippen molar-refractivity contribution in [2.24, 2.45) is 5.92 Å². The highest BCUT2D eigenvalue weighted by atomic mass is 19.3. The molecule has 2 amide bonds. The summed E-state index contributed by atoms with van der Waals surface area (Å²) in [7, 11) is 0. The first-order valence-electron chi connectivity index (χ1n) is 9.68. The normalized spacial score (nSPS) is 19.1. The Morgan fingerprint density at radius 2 is 1.56 bits per heavy atom. The van der Waals surface area contributed by atoms with Gasteiger partial charge in [-0.15, -0.1) is 0 Å². The van der Waals surface area contributed by atoms with Gasteiger partial charge in [-0.25, -0.2) is 0 Å². The number of alkyl halides is 2. The number of para-hydroxylation sites is 1. The van der Waals surface area contributed by atoms with Crippen molar-refractivity contribution >= 4 is 11.8 Å². The van der Waals surface area contributed by atoms with E-state index in [1.807, 2.05) is 4.90 Å². The molecule has 27 heavy (non-hydrogen) atoms. The number of hydrogen-bond acceptors (Lipinski definition) is 3. The van der Waals surface area contributed by atoms with Crippen molar-refractivity contribution < 1.29 is 23.1 Å². The molecule has 5 nitrogen and oxygen atoms in total. The first-order valence-corrected chi connectivity index (χ1v) is 9.68. The minimum atomic E-state index is -2.98. The Hall–Kier alpha value is -2.18. The summed E-state index contributed by atoms with van der Waals surface area (Å²) in [6.07, 6.45) is 5.69. The molecule has 0 N–H and O–H groups in total. The van der Waals surface area contributed by atoms with Crippen molar-refractivity contribution in [3.8, 4) is 5.75 Å². The van der Waals surface area contributed by atoms with Gasteiger partial charge in [0.15, 0.2) is 0 Å².